The molecule has 6 nitrogen and oxygen atoms in total. The van der Waals surface area contributed by atoms with Crippen LogP contribution in [-0.4, -0.2) is 26.0 Å². The predicted octanol–water partition coefficient (Wildman–Crippen LogP) is 1.20. The third kappa shape index (κ3) is 2.67. The number of aromatic amines is 1. The van der Waals surface area contributed by atoms with Crippen molar-refractivity contribution in [2.24, 2.45) is 0 Å². The number of aromatic nitrogens is 2. The Bertz CT molecular complexity index is 652. The van der Waals surface area contributed by atoms with Crippen LogP contribution in [0, 0.1) is 6.92 Å². The van der Waals surface area contributed by atoms with Crippen molar-refractivity contribution in [3.63, 3.8) is 0 Å². The van der Waals surface area contributed by atoms with Crippen LogP contribution < -0.4 is 5.56 Å². The first-order valence-corrected chi connectivity index (χ1v) is 5.80. The lowest BCUT2D eigenvalue weighted by atomic mass is 10.1. The molecule has 1 aromatic heterocycles. The highest BCUT2D eigenvalue weighted by Gasteiger charge is 2.13. The fourth-order valence-electron chi connectivity index (χ4n) is 1.89. The summed E-state index contributed by atoms with van der Waals surface area (Å²) in [5, 5.41) is 20.8. The van der Waals surface area contributed by atoms with Gasteiger partial charge < -0.3 is 10.2 Å². The number of carboxylic acid groups (broad SMARTS) is 1. The molecule has 19 heavy (non-hydrogen) atoms. The van der Waals surface area contributed by atoms with E-state index in [1.807, 2.05) is 0 Å². The van der Waals surface area contributed by atoms with Crippen LogP contribution in [0.15, 0.2) is 29.1 Å². The molecular formula is C13H14N2O4. The predicted molar refractivity (Wildman–Crippen MR) is 68.7 cm³/mol. The minimum atomic E-state index is -0.934. The summed E-state index contributed by atoms with van der Waals surface area (Å²) in [5.41, 5.74) is 1.45. The van der Waals surface area contributed by atoms with E-state index in [2.05, 4.69) is 5.10 Å². The average Bonchev–Trinajstić information content (AvgIpc) is 2.63. The van der Waals surface area contributed by atoms with Crippen LogP contribution in [0.5, 0.6) is 5.75 Å². The number of aryl methyl sites for hydroxylation is 1. The topological polar surface area (TPSA) is 95.3 Å². The Balaban J connectivity index is 2.38. The first-order chi connectivity index (χ1) is 8.99. The average molecular weight is 262 g/mol. The van der Waals surface area contributed by atoms with Gasteiger partial charge >= 0.3 is 5.97 Å². The lowest BCUT2D eigenvalue weighted by Gasteiger charge is -2.01. The molecule has 0 aliphatic heterocycles. The number of rotatable bonds is 4. The second-order valence-corrected chi connectivity index (χ2v) is 4.27. The molecule has 0 aliphatic rings. The number of aliphatic carboxylic acids is 1. The molecule has 0 atom stereocenters. The van der Waals surface area contributed by atoms with Crippen LogP contribution in [0.1, 0.15) is 17.7 Å². The number of aromatic hydroxyl groups is 1. The number of hydrogen-bond acceptors (Lipinski definition) is 3. The van der Waals surface area contributed by atoms with Gasteiger partial charge in [-0.25, -0.2) is 4.68 Å². The van der Waals surface area contributed by atoms with Gasteiger partial charge in [0.25, 0.3) is 5.56 Å². The summed E-state index contributed by atoms with van der Waals surface area (Å²) < 4.78 is 1.34. The van der Waals surface area contributed by atoms with Gasteiger partial charge in [-0.2, -0.15) is 0 Å². The van der Waals surface area contributed by atoms with E-state index in [0.29, 0.717) is 16.9 Å². The van der Waals surface area contributed by atoms with E-state index in [1.54, 1.807) is 19.1 Å². The zero-order valence-electron chi connectivity index (χ0n) is 10.4. The summed E-state index contributed by atoms with van der Waals surface area (Å²) in [5.74, 6) is -0.817. The maximum absolute atomic E-state index is 12.2. The fourth-order valence-corrected chi connectivity index (χ4v) is 1.89. The summed E-state index contributed by atoms with van der Waals surface area (Å²) in [6.45, 7) is 1.73. The number of phenolic OH excluding ortho intramolecular Hbond substituents is 1. The van der Waals surface area contributed by atoms with Crippen molar-refractivity contribution in [1.29, 1.82) is 0 Å². The van der Waals surface area contributed by atoms with Gasteiger partial charge in [-0.05, 0) is 37.6 Å². The zero-order chi connectivity index (χ0) is 14.0. The number of hydrogen-bond donors (Lipinski definition) is 3. The summed E-state index contributed by atoms with van der Waals surface area (Å²) in [6, 6.07) is 6.17. The van der Waals surface area contributed by atoms with Gasteiger partial charge in [0.2, 0.25) is 0 Å². The lowest BCUT2D eigenvalue weighted by Crippen LogP contribution is -2.17. The molecule has 0 unspecified atom stereocenters. The molecule has 1 aromatic carbocycles. The molecule has 0 amide bonds. The van der Waals surface area contributed by atoms with Crippen molar-refractivity contribution in [2.45, 2.75) is 19.8 Å². The summed E-state index contributed by atoms with van der Waals surface area (Å²) in [6.07, 6.45) is 0.116. The van der Waals surface area contributed by atoms with Crippen molar-refractivity contribution in [3.8, 4) is 11.4 Å². The monoisotopic (exact) mass is 262 g/mol. The van der Waals surface area contributed by atoms with Crippen molar-refractivity contribution in [2.75, 3.05) is 0 Å². The van der Waals surface area contributed by atoms with Gasteiger partial charge in [-0.3, -0.25) is 14.7 Å². The van der Waals surface area contributed by atoms with E-state index in [4.69, 9.17) is 5.11 Å². The maximum atomic E-state index is 12.2. The quantitative estimate of drug-likeness (QED) is 0.771. The lowest BCUT2D eigenvalue weighted by molar-refractivity contribution is -0.136. The van der Waals surface area contributed by atoms with Gasteiger partial charge in [0, 0.05) is 17.7 Å². The Morgan fingerprint density at radius 3 is 2.53 bits per heavy atom. The highest BCUT2D eigenvalue weighted by molar-refractivity contribution is 5.67. The number of nitrogens with zero attached hydrogens (tertiary/aromatic N) is 1. The molecule has 0 saturated heterocycles. The third-order valence-electron chi connectivity index (χ3n) is 2.89. The van der Waals surface area contributed by atoms with Crippen molar-refractivity contribution in [1.82, 2.24) is 9.78 Å². The smallest absolute Gasteiger partial charge is 0.303 e. The van der Waals surface area contributed by atoms with Gasteiger partial charge in [0.15, 0.2) is 0 Å². The number of nitrogens with one attached hydrogen (secondary N) is 1. The Labute approximate surface area is 108 Å². The second kappa shape index (κ2) is 5.01. The molecular weight excluding hydrogens is 248 g/mol. The number of phenols is 1. The highest BCUT2D eigenvalue weighted by atomic mass is 16.4. The van der Waals surface area contributed by atoms with Crippen LogP contribution in [0.25, 0.3) is 5.69 Å². The van der Waals surface area contributed by atoms with Crippen LogP contribution in [-0.2, 0) is 11.2 Å². The Morgan fingerprint density at radius 1 is 1.32 bits per heavy atom. The first-order valence-electron chi connectivity index (χ1n) is 5.80. The van der Waals surface area contributed by atoms with Gasteiger partial charge in [0.1, 0.15) is 5.75 Å². The molecule has 3 N–H and O–H groups in total. The molecule has 6 heteroatoms. The van der Waals surface area contributed by atoms with E-state index in [-0.39, 0.29) is 24.2 Å². The Morgan fingerprint density at radius 2 is 1.95 bits per heavy atom. The van der Waals surface area contributed by atoms with Crippen LogP contribution in [0.4, 0.5) is 0 Å². The zero-order valence-corrected chi connectivity index (χ0v) is 10.4. The molecule has 2 rings (SSSR count). The highest BCUT2D eigenvalue weighted by Crippen LogP contribution is 2.13. The van der Waals surface area contributed by atoms with Crippen molar-refractivity contribution >= 4 is 5.97 Å². The number of benzene rings is 1. The maximum Gasteiger partial charge on any atom is 0.303 e. The van der Waals surface area contributed by atoms with Crippen LogP contribution in [0.3, 0.4) is 0 Å². The van der Waals surface area contributed by atoms with E-state index in [1.165, 1.54) is 16.8 Å². The van der Waals surface area contributed by atoms with Crippen molar-refractivity contribution < 1.29 is 15.0 Å². The molecule has 0 saturated carbocycles. The standard InChI is InChI=1S/C13H14N2O4/c1-8-11(6-7-12(17)18)13(19)15(14-8)9-2-4-10(16)5-3-9/h2-5,14,16H,6-7H2,1H3,(H,17,18). The number of carbonyl (C=O) groups is 1. The molecule has 0 radical (unpaired) electrons. The molecule has 0 bridgehead atoms. The molecule has 0 fully saturated rings. The first kappa shape index (κ1) is 12.9. The van der Waals surface area contributed by atoms with Gasteiger partial charge in [-0.15, -0.1) is 0 Å². The second-order valence-electron chi connectivity index (χ2n) is 4.27. The largest absolute Gasteiger partial charge is 0.508 e. The molecule has 0 aliphatic carbocycles. The number of H-pyrrole nitrogens is 1. The fraction of sp³-hybridized carbons (Fsp3) is 0.231. The normalized spacial score (nSPS) is 10.6. The molecule has 0 spiro atoms. The minimum absolute atomic E-state index is 0.0799. The Hall–Kier alpha value is -2.50. The summed E-state index contributed by atoms with van der Waals surface area (Å²) >= 11 is 0. The van der Waals surface area contributed by atoms with E-state index in [0.717, 1.165) is 0 Å². The van der Waals surface area contributed by atoms with Crippen molar-refractivity contribution in [3.05, 3.63) is 45.9 Å². The van der Waals surface area contributed by atoms with E-state index in [9.17, 15) is 14.7 Å². The minimum Gasteiger partial charge on any atom is -0.508 e. The van der Waals surface area contributed by atoms with Gasteiger partial charge in [-0.1, -0.05) is 0 Å². The van der Waals surface area contributed by atoms with E-state index >= 15 is 0 Å². The number of carboxylic acids is 1. The summed E-state index contributed by atoms with van der Waals surface area (Å²) in [7, 11) is 0. The molecule has 1 heterocycles. The van der Waals surface area contributed by atoms with Crippen LogP contribution >= 0.6 is 0 Å². The van der Waals surface area contributed by atoms with Crippen LogP contribution in [0.2, 0.25) is 0 Å². The molecule has 2 aromatic rings. The SMILES string of the molecule is Cc1[nH]n(-c2ccc(O)cc2)c(=O)c1CCC(=O)O. The van der Waals surface area contributed by atoms with Gasteiger partial charge in [0.05, 0.1) is 5.69 Å². The Kier molecular flexibility index (Phi) is 3.41. The molecule has 100 valence electrons. The van der Waals surface area contributed by atoms with E-state index < -0.39 is 5.97 Å². The third-order valence-corrected chi connectivity index (χ3v) is 2.89. The summed E-state index contributed by atoms with van der Waals surface area (Å²) in [4.78, 5) is 22.7.